The minimum atomic E-state index is -0.489. The third kappa shape index (κ3) is 3.23. The van der Waals surface area contributed by atoms with Gasteiger partial charge in [-0.15, -0.1) is 0 Å². The molecule has 2 aromatic carbocycles. The second-order valence-corrected chi connectivity index (χ2v) is 6.15. The van der Waals surface area contributed by atoms with Gasteiger partial charge in [0.05, 0.1) is 5.69 Å². The Morgan fingerprint density at radius 2 is 1.65 bits per heavy atom. The molecule has 0 aliphatic carbocycles. The summed E-state index contributed by atoms with van der Waals surface area (Å²) in [6.07, 6.45) is 1.56. The molecule has 1 aliphatic heterocycles. The fraction of sp³-hybridized carbons (Fsp3) is 0. The molecule has 0 radical (unpaired) electrons. The van der Waals surface area contributed by atoms with Gasteiger partial charge in [-0.05, 0) is 48.1 Å². The third-order valence-electron chi connectivity index (χ3n) is 3.30. The van der Waals surface area contributed by atoms with Crippen LogP contribution in [0.2, 0.25) is 0 Å². The topological polar surface area (TPSA) is 49.4 Å². The van der Waals surface area contributed by atoms with Crippen molar-refractivity contribution in [2.75, 3.05) is 4.90 Å². The van der Waals surface area contributed by atoms with Crippen LogP contribution in [0.1, 0.15) is 5.56 Å². The normalized spacial score (nSPS) is 16.7. The van der Waals surface area contributed by atoms with Crippen LogP contribution in [0.25, 0.3) is 6.08 Å². The van der Waals surface area contributed by atoms with E-state index in [0.717, 1.165) is 10.0 Å². The van der Waals surface area contributed by atoms with Crippen LogP contribution in [0.4, 0.5) is 5.69 Å². The number of hydrogen-bond donors (Lipinski definition) is 1. The summed E-state index contributed by atoms with van der Waals surface area (Å²) < 4.78 is 0.890. The summed E-state index contributed by atoms with van der Waals surface area (Å²) in [6.45, 7) is 0. The molecule has 0 atom stereocenters. The van der Waals surface area contributed by atoms with Crippen LogP contribution in [-0.2, 0) is 9.59 Å². The zero-order valence-corrected chi connectivity index (χ0v) is 14.2. The summed E-state index contributed by atoms with van der Waals surface area (Å²) in [7, 11) is 0. The average molecular weight is 387 g/mol. The first kappa shape index (κ1) is 15.6. The molecule has 1 aliphatic rings. The maximum atomic E-state index is 12.7. The van der Waals surface area contributed by atoms with E-state index in [4.69, 9.17) is 12.2 Å². The van der Waals surface area contributed by atoms with Crippen molar-refractivity contribution in [1.82, 2.24) is 5.32 Å². The van der Waals surface area contributed by atoms with Crippen molar-refractivity contribution < 1.29 is 9.59 Å². The molecule has 1 fully saturated rings. The fourth-order valence-corrected chi connectivity index (χ4v) is 2.74. The first-order valence-corrected chi connectivity index (χ1v) is 7.98. The average Bonchev–Trinajstić information content (AvgIpc) is 2.54. The standard InChI is InChI=1S/C17H11BrN2O2S/c18-12-6-8-13(9-7-12)20-16(22)14(15(21)19-17(20)23)10-11-4-2-1-3-5-11/h1-10H,(H,19,21,23)/b14-10+. The molecule has 23 heavy (non-hydrogen) atoms. The van der Waals surface area contributed by atoms with Crippen molar-refractivity contribution >= 4 is 56.8 Å². The minimum Gasteiger partial charge on any atom is -0.298 e. The number of amides is 2. The Hall–Kier alpha value is -2.31. The molecule has 2 amide bonds. The molecule has 1 N–H and O–H groups in total. The van der Waals surface area contributed by atoms with E-state index >= 15 is 0 Å². The zero-order valence-electron chi connectivity index (χ0n) is 11.8. The van der Waals surface area contributed by atoms with Gasteiger partial charge in [0, 0.05) is 4.47 Å². The number of halogens is 1. The van der Waals surface area contributed by atoms with E-state index < -0.39 is 11.8 Å². The summed E-state index contributed by atoms with van der Waals surface area (Å²) in [6, 6.07) is 16.3. The molecular weight excluding hydrogens is 376 g/mol. The Bertz CT molecular complexity index is 816. The van der Waals surface area contributed by atoms with Gasteiger partial charge in [0.15, 0.2) is 5.11 Å². The maximum Gasteiger partial charge on any atom is 0.270 e. The van der Waals surface area contributed by atoms with Gasteiger partial charge in [0.1, 0.15) is 5.57 Å². The Kier molecular flexibility index (Phi) is 4.36. The molecule has 4 nitrogen and oxygen atoms in total. The molecule has 0 saturated carbocycles. The van der Waals surface area contributed by atoms with Crippen LogP contribution in [-0.4, -0.2) is 16.9 Å². The molecule has 3 rings (SSSR count). The van der Waals surface area contributed by atoms with E-state index in [9.17, 15) is 9.59 Å². The van der Waals surface area contributed by atoms with E-state index in [1.165, 1.54) is 4.90 Å². The van der Waals surface area contributed by atoms with Gasteiger partial charge in [0.2, 0.25) is 0 Å². The van der Waals surface area contributed by atoms with E-state index in [-0.39, 0.29) is 10.7 Å². The van der Waals surface area contributed by atoms with Crippen LogP contribution in [0.3, 0.4) is 0 Å². The number of rotatable bonds is 2. The summed E-state index contributed by atoms with van der Waals surface area (Å²) in [5, 5.41) is 2.64. The van der Waals surface area contributed by atoms with Crippen LogP contribution in [0.5, 0.6) is 0 Å². The highest BCUT2D eigenvalue weighted by Gasteiger charge is 2.34. The molecule has 1 heterocycles. The maximum absolute atomic E-state index is 12.7. The number of carbonyl (C=O) groups is 2. The monoisotopic (exact) mass is 386 g/mol. The molecule has 0 bridgehead atoms. The van der Waals surface area contributed by atoms with Gasteiger partial charge in [-0.3, -0.25) is 19.8 Å². The summed E-state index contributed by atoms with van der Waals surface area (Å²) in [4.78, 5) is 26.2. The van der Waals surface area contributed by atoms with Crippen molar-refractivity contribution in [2.45, 2.75) is 0 Å². The third-order valence-corrected chi connectivity index (χ3v) is 4.11. The lowest BCUT2D eigenvalue weighted by Crippen LogP contribution is -2.54. The first-order valence-electron chi connectivity index (χ1n) is 6.78. The fourth-order valence-electron chi connectivity index (χ4n) is 2.20. The van der Waals surface area contributed by atoms with Gasteiger partial charge in [0.25, 0.3) is 11.8 Å². The lowest BCUT2D eigenvalue weighted by molar-refractivity contribution is -0.122. The number of hydrogen-bond acceptors (Lipinski definition) is 3. The Morgan fingerprint density at radius 1 is 1.00 bits per heavy atom. The zero-order chi connectivity index (χ0) is 16.4. The number of benzene rings is 2. The first-order chi connectivity index (χ1) is 11.1. The molecular formula is C17H11BrN2O2S. The molecule has 6 heteroatoms. The molecule has 2 aromatic rings. The smallest absolute Gasteiger partial charge is 0.270 e. The van der Waals surface area contributed by atoms with Crippen LogP contribution < -0.4 is 10.2 Å². The quantitative estimate of drug-likeness (QED) is 0.489. The molecule has 0 aromatic heterocycles. The number of anilines is 1. The van der Waals surface area contributed by atoms with Crippen molar-refractivity contribution in [1.29, 1.82) is 0 Å². The highest BCUT2D eigenvalue weighted by Crippen LogP contribution is 2.23. The molecule has 0 unspecified atom stereocenters. The van der Waals surface area contributed by atoms with Crippen LogP contribution in [0.15, 0.2) is 64.6 Å². The lowest BCUT2D eigenvalue weighted by atomic mass is 10.1. The molecule has 0 spiro atoms. The van der Waals surface area contributed by atoms with Gasteiger partial charge < -0.3 is 0 Å². The molecule has 114 valence electrons. The minimum absolute atomic E-state index is 0.0488. The SMILES string of the molecule is O=C1NC(=S)N(c2ccc(Br)cc2)C(=O)/C1=C/c1ccccc1. The van der Waals surface area contributed by atoms with Crippen molar-refractivity contribution in [3.05, 3.63) is 70.2 Å². The largest absolute Gasteiger partial charge is 0.298 e. The predicted molar refractivity (Wildman–Crippen MR) is 96.8 cm³/mol. The Labute approximate surface area is 146 Å². The van der Waals surface area contributed by atoms with Crippen molar-refractivity contribution in [3.8, 4) is 0 Å². The summed E-state index contributed by atoms with van der Waals surface area (Å²) in [5.74, 6) is -0.929. The predicted octanol–water partition coefficient (Wildman–Crippen LogP) is 3.28. The van der Waals surface area contributed by atoms with Crippen LogP contribution in [0, 0.1) is 0 Å². The summed E-state index contributed by atoms with van der Waals surface area (Å²) in [5.41, 5.74) is 1.42. The lowest BCUT2D eigenvalue weighted by Gasteiger charge is -2.28. The number of nitrogens with zero attached hydrogens (tertiary/aromatic N) is 1. The second kappa shape index (κ2) is 6.44. The van der Waals surface area contributed by atoms with Crippen molar-refractivity contribution in [3.63, 3.8) is 0 Å². The highest BCUT2D eigenvalue weighted by atomic mass is 79.9. The number of thiocarbonyl (C=S) groups is 1. The Balaban J connectivity index is 2.01. The van der Waals surface area contributed by atoms with E-state index in [1.807, 2.05) is 42.5 Å². The van der Waals surface area contributed by atoms with Gasteiger partial charge in [-0.1, -0.05) is 46.3 Å². The highest BCUT2D eigenvalue weighted by molar-refractivity contribution is 9.10. The van der Waals surface area contributed by atoms with E-state index in [1.54, 1.807) is 18.2 Å². The van der Waals surface area contributed by atoms with Gasteiger partial charge in [-0.25, -0.2) is 0 Å². The second-order valence-electron chi connectivity index (χ2n) is 4.84. The number of carbonyl (C=O) groups excluding carboxylic acids is 2. The van der Waals surface area contributed by atoms with Crippen molar-refractivity contribution in [2.24, 2.45) is 0 Å². The van der Waals surface area contributed by atoms with Gasteiger partial charge in [-0.2, -0.15) is 0 Å². The summed E-state index contributed by atoms with van der Waals surface area (Å²) >= 11 is 8.50. The van der Waals surface area contributed by atoms with Crippen LogP contribution >= 0.6 is 28.1 Å². The van der Waals surface area contributed by atoms with E-state index in [2.05, 4.69) is 21.2 Å². The Morgan fingerprint density at radius 3 is 2.30 bits per heavy atom. The van der Waals surface area contributed by atoms with E-state index in [0.29, 0.717) is 5.69 Å². The molecule has 1 saturated heterocycles. The number of nitrogens with one attached hydrogen (secondary N) is 1. The van der Waals surface area contributed by atoms with Gasteiger partial charge >= 0.3 is 0 Å².